The molecule has 84 valence electrons. The Balaban J connectivity index is 2.85. The van der Waals surface area contributed by atoms with Crippen LogP contribution >= 0.6 is 0 Å². The molecule has 5 heteroatoms. The maximum atomic E-state index is 13.1. The van der Waals surface area contributed by atoms with Crippen LogP contribution in [0.25, 0.3) is 10.8 Å². The highest BCUT2D eigenvalue weighted by Crippen LogP contribution is 2.24. The first-order valence-electron chi connectivity index (χ1n) is 4.53. The molecule has 0 saturated heterocycles. The van der Waals surface area contributed by atoms with Gasteiger partial charge in [-0.05, 0) is 23.6 Å². The molecule has 0 atom stereocenters. The number of fused-ring (bicyclic) bond motifs is 1. The van der Waals surface area contributed by atoms with E-state index in [0.29, 0.717) is 10.8 Å². The second kappa shape index (κ2) is 3.84. The second-order valence-electron chi connectivity index (χ2n) is 3.24. The van der Waals surface area contributed by atoms with Crippen molar-refractivity contribution in [2.24, 2.45) is 0 Å². The largest absolute Gasteiger partial charge is 0.297 e. The molecule has 0 saturated carbocycles. The van der Waals surface area contributed by atoms with Crippen LogP contribution in [0.1, 0.15) is 0 Å². The summed E-state index contributed by atoms with van der Waals surface area (Å²) in [5.74, 6) is -0.480. The smallest absolute Gasteiger partial charge is 0.270 e. The average Bonchev–Trinajstić information content (AvgIpc) is 2.28. The SMILES string of the molecule is COS(=O)(=O)c1cccc2ccc(F)cc12. The molecule has 2 aromatic rings. The Bertz CT molecular complexity index is 635. The average molecular weight is 240 g/mol. The molecule has 0 aliphatic carbocycles. The van der Waals surface area contributed by atoms with Crippen molar-refractivity contribution in [3.8, 4) is 0 Å². The van der Waals surface area contributed by atoms with Crippen molar-refractivity contribution >= 4 is 20.9 Å². The summed E-state index contributed by atoms with van der Waals surface area (Å²) < 4.78 is 40.7. The molecule has 0 heterocycles. The zero-order valence-electron chi connectivity index (χ0n) is 8.48. The fourth-order valence-corrected chi connectivity index (χ4v) is 2.39. The lowest BCUT2D eigenvalue weighted by Gasteiger charge is -2.05. The molecule has 0 spiro atoms. The van der Waals surface area contributed by atoms with Gasteiger partial charge in [0, 0.05) is 5.39 Å². The Hall–Kier alpha value is -1.46. The van der Waals surface area contributed by atoms with Crippen molar-refractivity contribution < 1.29 is 17.0 Å². The van der Waals surface area contributed by atoms with Crippen molar-refractivity contribution in [2.45, 2.75) is 4.90 Å². The van der Waals surface area contributed by atoms with Gasteiger partial charge in [0.1, 0.15) is 10.7 Å². The Kier molecular flexibility index (Phi) is 2.65. The monoisotopic (exact) mass is 240 g/mol. The quantitative estimate of drug-likeness (QED) is 0.756. The fourth-order valence-electron chi connectivity index (χ4n) is 1.52. The summed E-state index contributed by atoms with van der Waals surface area (Å²) >= 11 is 0. The Morgan fingerprint density at radius 3 is 2.62 bits per heavy atom. The minimum atomic E-state index is -3.81. The van der Waals surface area contributed by atoms with E-state index in [1.807, 2.05) is 0 Å². The predicted octanol–water partition coefficient (Wildman–Crippen LogP) is 2.31. The van der Waals surface area contributed by atoms with Crippen LogP contribution < -0.4 is 0 Å². The molecular formula is C11H9FO3S. The fraction of sp³-hybridized carbons (Fsp3) is 0.0909. The van der Waals surface area contributed by atoms with Crippen LogP contribution in [-0.2, 0) is 14.3 Å². The molecule has 0 fully saturated rings. The molecule has 3 nitrogen and oxygen atoms in total. The van der Waals surface area contributed by atoms with Crippen molar-refractivity contribution in [3.05, 3.63) is 42.2 Å². The molecular weight excluding hydrogens is 231 g/mol. The molecule has 0 aliphatic heterocycles. The summed E-state index contributed by atoms with van der Waals surface area (Å²) in [6.45, 7) is 0. The highest BCUT2D eigenvalue weighted by atomic mass is 32.2. The van der Waals surface area contributed by atoms with Crippen molar-refractivity contribution in [1.29, 1.82) is 0 Å². The van der Waals surface area contributed by atoms with E-state index in [4.69, 9.17) is 0 Å². The predicted molar refractivity (Wildman–Crippen MR) is 58.1 cm³/mol. The molecule has 0 aliphatic rings. The number of hydrogen-bond donors (Lipinski definition) is 0. The summed E-state index contributed by atoms with van der Waals surface area (Å²) in [7, 11) is -2.73. The Morgan fingerprint density at radius 1 is 1.19 bits per heavy atom. The van der Waals surface area contributed by atoms with Crippen LogP contribution in [-0.4, -0.2) is 15.5 Å². The number of rotatable bonds is 2. The molecule has 2 aromatic carbocycles. The maximum Gasteiger partial charge on any atom is 0.297 e. The van der Waals surface area contributed by atoms with Gasteiger partial charge in [-0.1, -0.05) is 18.2 Å². The van der Waals surface area contributed by atoms with E-state index in [2.05, 4.69) is 4.18 Å². The van der Waals surface area contributed by atoms with Gasteiger partial charge in [-0.15, -0.1) is 0 Å². The van der Waals surface area contributed by atoms with Gasteiger partial charge in [0.15, 0.2) is 0 Å². The summed E-state index contributed by atoms with van der Waals surface area (Å²) in [5.41, 5.74) is 0. The lowest BCUT2D eigenvalue weighted by atomic mass is 10.1. The van der Waals surface area contributed by atoms with E-state index in [9.17, 15) is 12.8 Å². The lowest BCUT2D eigenvalue weighted by molar-refractivity contribution is 0.398. The summed E-state index contributed by atoms with van der Waals surface area (Å²) in [5, 5.41) is 0.976. The molecule has 16 heavy (non-hydrogen) atoms. The molecule has 0 unspecified atom stereocenters. The third kappa shape index (κ3) is 1.79. The Labute approximate surface area is 92.6 Å². The van der Waals surface area contributed by atoms with Gasteiger partial charge in [-0.3, -0.25) is 4.18 Å². The minimum Gasteiger partial charge on any atom is -0.270 e. The molecule has 0 bridgehead atoms. The highest BCUT2D eigenvalue weighted by molar-refractivity contribution is 7.87. The number of benzene rings is 2. The minimum absolute atomic E-state index is 0.0213. The van der Waals surface area contributed by atoms with Gasteiger partial charge in [-0.25, -0.2) is 4.39 Å². The first kappa shape index (κ1) is 11.0. The normalized spacial score (nSPS) is 11.9. The van der Waals surface area contributed by atoms with Crippen LogP contribution in [0.15, 0.2) is 41.3 Å². The molecule has 0 radical (unpaired) electrons. The van der Waals surface area contributed by atoms with Crippen LogP contribution in [0, 0.1) is 5.82 Å². The van der Waals surface area contributed by atoms with Crippen molar-refractivity contribution in [1.82, 2.24) is 0 Å². The van der Waals surface area contributed by atoms with E-state index < -0.39 is 15.9 Å². The topological polar surface area (TPSA) is 43.4 Å². The third-order valence-electron chi connectivity index (χ3n) is 2.29. The van der Waals surface area contributed by atoms with Gasteiger partial charge in [0.25, 0.3) is 10.1 Å². The standard InChI is InChI=1S/C11H9FO3S/c1-15-16(13,14)11-4-2-3-8-5-6-9(12)7-10(8)11/h2-7H,1H3. The van der Waals surface area contributed by atoms with Gasteiger partial charge < -0.3 is 0 Å². The number of halogens is 1. The van der Waals surface area contributed by atoms with E-state index in [0.717, 1.165) is 7.11 Å². The van der Waals surface area contributed by atoms with E-state index in [1.165, 1.54) is 24.3 Å². The van der Waals surface area contributed by atoms with Gasteiger partial charge in [0.05, 0.1) is 7.11 Å². The molecule has 0 amide bonds. The van der Waals surface area contributed by atoms with Crippen LogP contribution in [0.3, 0.4) is 0 Å². The van der Waals surface area contributed by atoms with E-state index in [1.54, 1.807) is 12.1 Å². The summed E-state index contributed by atoms with van der Waals surface area (Å²) in [6.07, 6.45) is 0. The van der Waals surface area contributed by atoms with Crippen molar-refractivity contribution in [2.75, 3.05) is 7.11 Å². The maximum absolute atomic E-state index is 13.1. The summed E-state index contributed by atoms with van der Waals surface area (Å²) in [6, 6.07) is 8.68. The van der Waals surface area contributed by atoms with Crippen molar-refractivity contribution in [3.63, 3.8) is 0 Å². The second-order valence-corrected chi connectivity index (χ2v) is 4.92. The molecule has 2 rings (SSSR count). The summed E-state index contributed by atoms with van der Waals surface area (Å²) in [4.78, 5) is -0.0213. The van der Waals surface area contributed by atoms with Gasteiger partial charge >= 0.3 is 0 Å². The zero-order chi connectivity index (χ0) is 11.8. The van der Waals surface area contributed by atoms with Crippen LogP contribution in [0.5, 0.6) is 0 Å². The lowest BCUT2D eigenvalue weighted by Crippen LogP contribution is -2.03. The first-order valence-corrected chi connectivity index (χ1v) is 5.94. The van der Waals surface area contributed by atoms with Crippen LogP contribution in [0.2, 0.25) is 0 Å². The van der Waals surface area contributed by atoms with E-state index in [-0.39, 0.29) is 4.90 Å². The zero-order valence-corrected chi connectivity index (χ0v) is 9.29. The highest BCUT2D eigenvalue weighted by Gasteiger charge is 2.16. The molecule has 0 aromatic heterocycles. The first-order chi connectivity index (χ1) is 7.54. The number of hydrogen-bond acceptors (Lipinski definition) is 3. The van der Waals surface area contributed by atoms with Gasteiger partial charge in [-0.2, -0.15) is 8.42 Å². The molecule has 0 N–H and O–H groups in total. The van der Waals surface area contributed by atoms with Gasteiger partial charge in [0.2, 0.25) is 0 Å². The third-order valence-corrected chi connectivity index (χ3v) is 3.63. The Morgan fingerprint density at radius 2 is 1.94 bits per heavy atom. The van der Waals surface area contributed by atoms with Crippen LogP contribution in [0.4, 0.5) is 4.39 Å². The van der Waals surface area contributed by atoms with E-state index >= 15 is 0 Å².